The van der Waals surface area contributed by atoms with E-state index in [1.54, 1.807) is 0 Å². The zero-order chi connectivity index (χ0) is 14.7. The Morgan fingerprint density at radius 1 is 1.05 bits per heavy atom. The van der Waals surface area contributed by atoms with Crippen molar-refractivity contribution in [1.29, 1.82) is 0 Å². The van der Waals surface area contributed by atoms with Crippen LogP contribution < -0.4 is 5.32 Å². The predicted octanol–water partition coefficient (Wildman–Crippen LogP) is 5.43. The number of nitrogens with one attached hydrogen (secondary N) is 1. The van der Waals surface area contributed by atoms with Gasteiger partial charge in [-0.2, -0.15) is 0 Å². The van der Waals surface area contributed by atoms with Gasteiger partial charge in [0.25, 0.3) is 0 Å². The zero-order valence-corrected chi connectivity index (χ0v) is 13.0. The fraction of sp³-hybridized carbons (Fsp3) is 0.333. The van der Waals surface area contributed by atoms with Gasteiger partial charge in [-0.05, 0) is 44.1 Å². The molecular formula is C18H27N. The van der Waals surface area contributed by atoms with E-state index in [9.17, 15) is 0 Å². The Morgan fingerprint density at radius 2 is 1.68 bits per heavy atom. The molecule has 0 saturated carbocycles. The van der Waals surface area contributed by atoms with Crippen molar-refractivity contribution >= 4 is 0 Å². The average Bonchev–Trinajstić information content (AvgIpc) is 2.44. The molecule has 0 aromatic rings. The highest BCUT2D eigenvalue weighted by Crippen LogP contribution is 2.27. The fourth-order valence-electron chi connectivity index (χ4n) is 1.89. The van der Waals surface area contributed by atoms with Crippen LogP contribution >= 0.6 is 0 Å². The minimum atomic E-state index is 0.965. The second-order valence-corrected chi connectivity index (χ2v) is 3.87. The van der Waals surface area contributed by atoms with Gasteiger partial charge < -0.3 is 5.32 Å². The quantitative estimate of drug-likeness (QED) is 0.711. The summed E-state index contributed by atoms with van der Waals surface area (Å²) in [6.07, 6.45) is 15.4. The minimum absolute atomic E-state index is 0.965. The molecule has 1 aliphatic rings. The first-order valence-electron chi connectivity index (χ1n) is 7.00. The predicted molar refractivity (Wildman–Crippen MR) is 87.8 cm³/mol. The van der Waals surface area contributed by atoms with Gasteiger partial charge in [0.1, 0.15) is 0 Å². The molecular weight excluding hydrogens is 230 g/mol. The number of hydrogen-bond acceptors (Lipinski definition) is 1. The van der Waals surface area contributed by atoms with E-state index in [2.05, 4.69) is 49.2 Å². The molecule has 0 amide bonds. The van der Waals surface area contributed by atoms with Gasteiger partial charge in [-0.15, -0.1) is 0 Å². The molecule has 0 fully saturated rings. The SMILES string of the molecule is C=C/C=C1/NC(/C=C\C)=C(/C=C\C)C/C1=C/C.CC. The first-order valence-corrected chi connectivity index (χ1v) is 7.00. The van der Waals surface area contributed by atoms with E-state index in [0.29, 0.717) is 0 Å². The molecule has 0 saturated heterocycles. The summed E-state index contributed by atoms with van der Waals surface area (Å²) in [5, 5.41) is 3.45. The Labute approximate surface area is 118 Å². The monoisotopic (exact) mass is 257 g/mol. The minimum Gasteiger partial charge on any atom is -0.355 e. The van der Waals surface area contributed by atoms with E-state index < -0.39 is 0 Å². The molecule has 0 atom stereocenters. The Hall–Kier alpha value is -1.76. The molecule has 1 heteroatoms. The second-order valence-electron chi connectivity index (χ2n) is 3.87. The van der Waals surface area contributed by atoms with Crippen molar-refractivity contribution in [3.8, 4) is 0 Å². The Balaban J connectivity index is 0.00000154. The van der Waals surface area contributed by atoms with Crippen molar-refractivity contribution in [3.63, 3.8) is 0 Å². The van der Waals surface area contributed by atoms with Crippen molar-refractivity contribution in [2.45, 2.75) is 41.0 Å². The number of rotatable bonds is 3. The molecule has 1 nitrogen and oxygen atoms in total. The summed E-state index contributed by atoms with van der Waals surface area (Å²) in [5.41, 5.74) is 4.94. The van der Waals surface area contributed by atoms with Gasteiger partial charge in [0.15, 0.2) is 0 Å². The first-order chi connectivity index (χ1) is 9.26. The van der Waals surface area contributed by atoms with Crippen molar-refractivity contribution in [3.05, 3.63) is 71.7 Å². The van der Waals surface area contributed by atoms with Crippen LogP contribution in [0.2, 0.25) is 0 Å². The van der Waals surface area contributed by atoms with Gasteiger partial charge >= 0.3 is 0 Å². The third-order valence-corrected chi connectivity index (χ3v) is 2.68. The third-order valence-electron chi connectivity index (χ3n) is 2.68. The van der Waals surface area contributed by atoms with E-state index in [0.717, 1.165) is 12.1 Å². The molecule has 0 radical (unpaired) electrons. The van der Waals surface area contributed by atoms with Crippen molar-refractivity contribution in [2.24, 2.45) is 0 Å². The van der Waals surface area contributed by atoms with E-state index in [-0.39, 0.29) is 0 Å². The highest BCUT2D eigenvalue weighted by molar-refractivity contribution is 5.48. The molecule has 1 heterocycles. The molecule has 0 aliphatic carbocycles. The van der Waals surface area contributed by atoms with Crippen LogP contribution in [0.25, 0.3) is 0 Å². The summed E-state index contributed by atoms with van der Waals surface area (Å²) in [7, 11) is 0. The number of allylic oxidation sites excluding steroid dienone is 9. The van der Waals surface area contributed by atoms with Gasteiger partial charge in [-0.25, -0.2) is 0 Å². The highest BCUT2D eigenvalue weighted by Gasteiger charge is 2.15. The summed E-state index contributed by atoms with van der Waals surface area (Å²) < 4.78 is 0. The second kappa shape index (κ2) is 10.2. The van der Waals surface area contributed by atoms with Crippen LogP contribution in [0.4, 0.5) is 0 Å². The molecule has 104 valence electrons. The van der Waals surface area contributed by atoms with Gasteiger partial charge in [0.2, 0.25) is 0 Å². The van der Waals surface area contributed by atoms with E-state index in [4.69, 9.17) is 0 Å². The van der Waals surface area contributed by atoms with Crippen LogP contribution in [0, 0.1) is 0 Å². The van der Waals surface area contributed by atoms with Gasteiger partial charge in [0, 0.05) is 17.8 Å². The normalized spacial score (nSPS) is 19.8. The summed E-state index contributed by atoms with van der Waals surface area (Å²) in [6.45, 7) is 13.9. The van der Waals surface area contributed by atoms with Gasteiger partial charge in [-0.1, -0.05) is 50.8 Å². The molecule has 0 aromatic carbocycles. The highest BCUT2D eigenvalue weighted by atomic mass is 14.9. The van der Waals surface area contributed by atoms with Gasteiger partial charge in [0.05, 0.1) is 0 Å². The van der Waals surface area contributed by atoms with Crippen LogP contribution in [0.5, 0.6) is 0 Å². The van der Waals surface area contributed by atoms with Crippen molar-refractivity contribution in [2.75, 3.05) is 0 Å². The molecule has 0 bridgehead atoms. The van der Waals surface area contributed by atoms with Crippen LogP contribution in [-0.4, -0.2) is 0 Å². The van der Waals surface area contributed by atoms with Gasteiger partial charge in [-0.3, -0.25) is 0 Å². The summed E-state index contributed by atoms with van der Waals surface area (Å²) in [6, 6.07) is 0. The third kappa shape index (κ3) is 5.17. The average molecular weight is 257 g/mol. The number of hydrogen-bond donors (Lipinski definition) is 1. The molecule has 19 heavy (non-hydrogen) atoms. The maximum Gasteiger partial charge on any atom is 0.0416 e. The van der Waals surface area contributed by atoms with Crippen LogP contribution in [0.1, 0.15) is 41.0 Å². The van der Waals surface area contributed by atoms with E-state index in [1.165, 1.54) is 16.8 Å². The smallest absolute Gasteiger partial charge is 0.0416 e. The zero-order valence-electron chi connectivity index (χ0n) is 13.0. The lowest BCUT2D eigenvalue weighted by molar-refractivity contribution is 0.902. The summed E-state index contributed by atoms with van der Waals surface area (Å²) in [4.78, 5) is 0. The fourth-order valence-corrected chi connectivity index (χ4v) is 1.89. The summed E-state index contributed by atoms with van der Waals surface area (Å²) >= 11 is 0. The molecule has 1 aliphatic heterocycles. The van der Waals surface area contributed by atoms with Crippen LogP contribution in [0.15, 0.2) is 71.7 Å². The van der Waals surface area contributed by atoms with E-state index in [1.807, 2.05) is 39.8 Å². The maximum atomic E-state index is 3.76. The summed E-state index contributed by atoms with van der Waals surface area (Å²) in [5.74, 6) is 0. The van der Waals surface area contributed by atoms with Crippen molar-refractivity contribution in [1.82, 2.24) is 5.32 Å². The van der Waals surface area contributed by atoms with Crippen LogP contribution in [0.3, 0.4) is 0 Å². The maximum absolute atomic E-state index is 3.76. The first kappa shape index (κ1) is 17.2. The standard InChI is InChI=1S/C16H21N.C2H6/c1-5-9-14-12-13(8-4)15(10-6-2)17-16(14)11-7-3;1-2/h5-11,17H,2,12H2,1,3-4H3;1-2H3/b9-5-,11-7-,13-8-,15-10+;. The lowest BCUT2D eigenvalue weighted by Crippen LogP contribution is -2.20. The largest absolute Gasteiger partial charge is 0.355 e. The topological polar surface area (TPSA) is 12.0 Å². The van der Waals surface area contributed by atoms with E-state index >= 15 is 0 Å². The Kier molecular flexibility index (Phi) is 9.25. The molecule has 0 spiro atoms. The molecule has 0 unspecified atom stereocenters. The lowest BCUT2D eigenvalue weighted by Gasteiger charge is -2.24. The Bertz CT molecular complexity index is 429. The lowest BCUT2D eigenvalue weighted by atomic mass is 9.95. The van der Waals surface area contributed by atoms with Crippen molar-refractivity contribution < 1.29 is 0 Å². The molecule has 1 rings (SSSR count). The van der Waals surface area contributed by atoms with Crippen LogP contribution in [-0.2, 0) is 0 Å². The Morgan fingerprint density at radius 3 is 2.16 bits per heavy atom. The molecule has 0 aromatic heterocycles. The molecule has 1 N–H and O–H groups in total.